The van der Waals surface area contributed by atoms with Crippen molar-refractivity contribution in [3.63, 3.8) is 0 Å². The Hall–Kier alpha value is -3.68. The lowest BCUT2D eigenvalue weighted by Crippen LogP contribution is -2.40. The van der Waals surface area contributed by atoms with Crippen LogP contribution in [0, 0.1) is 11.3 Å². The summed E-state index contributed by atoms with van der Waals surface area (Å²) >= 11 is 4.75. The Morgan fingerprint density at radius 3 is 2.74 bits per heavy atom. The number of thiazole rings is 1. The predicted octanol–water partition coefficient (Wildman–Crippen LogP) is 4.25. The molecule has 0 bridgehead atoms. The summed E-state index contributed by atoms with van der Waals surface area (Å²) in [6.07, 6.45) is 3.01. The van der Waals surface area contributed by atoms with E-state index in [-0.39, 0.29) is 18.8 Å². The Labute approximate surface area is 232 Å². The van der Waals surface area contributed by atoms with Crippen molar-refractivity contribution in [3.05, 3.63) is 89.0 Å². The van der Waals surface area contributed by atoms with Gasteiger partial charge in [0.25, 0.3) is 5.56 Å². The Kier molecular flexibility index (Phi) is 8.81. The Bertz CT molecular complexity index is 1620. The van der Waals surface area contributed by atoms with Crippen LogP contribution in [-0.2, 0) is 9.53 Å². The molecule has 38 heavy (non-hydrogen) atoms. The van der Waals surface area contributed by atoms with Gasteiger partial charge in [-0.3, -0.25) is 9.36 Å². The van der Waals surface area contributed by atoms with Gasteiger partial charge < -0.3 is 14.2 Å². The van der Waals surface area contributed by atoms with Crippen molar-refractivity contribution in [2.45, 2.75) is 32.7 Å². The number of fused-ring (bicyclic) bond motifs is 1. The molecule has 0 amide bonds. The first kappa shape index (κ1) is 27.4. The first-order valence-corrected chi connectivity index (χ1v) is 13.7. The quantitative estimate of drug-likeness (QED) is 0.343. The van der Waals surface area contributed by atoms with Crippen LogP contribution in [0.4, 0.5) is 0 Å². The van der Waals surface area contributed by atoms with Gasteiger partial charge >= 0.3 is 5.97 Å². The molecule has 0 radical (unpaired) electrons. The number of para-hydroxylation sites is 1. The number of carbonyl (C=O) groups is 1. The highest BCUT2D eigenvalue weighted by Gasteiger charge is 2.36. The molecule has 0 fully saturated rings. The van der Waals surface area contributed by atoms with Crippen molar-refractivity contribution in [3.8, 4) is 17.6 Å². The van der Waals surface area contributed by atoms with Gasteiger partial charge in [0.1, 0.15) is 23.6 Å². The van der Waals surface area contributed by atoms with Gasteiger partial charge in [-0.25, -0.2) is 9.79 Å². The van der Waals surface area contributed by atoms with Crippen LogP contribution in [0.5, 0.6) is 11.5 Å². The van der Waals surface area contributed by atoms with Crippen molar-refractivity contribution in [2.75, 3.05) is 20.3 Å². The minimum atomic E-state index is -0.800. The summed E-state index contributed by atoms with van der Waals surface area (Å²) < 4.78 is 19.4. The molecule has 0 unspecified atom stereocenters. The molecule has 0 saturated carbocycles. The molecule has 196 valence electrons. The topological polar surface area (TPSA) is 103 Å². The molecule has 1 aliphatic heterocycles. The van der Waals surface area contributed by atoms with Gasteiger partial charge in [-0.1, -0.05) is 58.8 Å². The third kappa shape index (κ3) is 5.44. The third-order valence-electron chi connectivity index (χ3n) is 5.88. The minimum absolute atomic E-state index is 0.113. The molecule has 1 aliphatic rings. The van der Waals surface area contributed by atoms with Crippen molar-refractivity contribution in [2.24, 2.45) is 4.99 Å². The monoisotopic (exact) mass is 595 g/mol. The van der Waals surface area contributed by atoms with E-state index >= 15 is 0 Å². The zero-order chi connectivity index (χ0) is 27.2. The molecular formula is C28H26BrN3O5S. The van der Waals surface area contributed by atoms with Crippen LogP contribution in [0.3, 0.4) is 0 Å². The molecule has 0 saturated heterocycles. The maximum atomic E-state index is 14.0. The van der Waals surface area contributed by atoms with Crippen molar-refractivity contribution in [1.82, 2.24) is 4.57 Å². The summed E-state index contributed by atoms with van der Waals surface area (Å²) in [4.78, 5) is 32.6. The maximum Gasteiger partial charge on any atom is 0.338 e. The molecule has 0 N–H and O–H groups in total. The number of benzene rings is 2. The van der Waals surface area contributed by atoms with E-state index in [1.54, 1.807) is 38.3 Å². The molecule has 2 heterocycles. The first-order chi connectivity index (χ1) is 18.4. The average molecular weight is 597 g/mol. The normalized spacial score (nSPS) is 14.9. The molecule has 8 nitrogen and oxygen atoms in total. The number of carbonyl (C=O) groups excluding carboxylic acids is 1. The molecule has 0 spiro atoms. The third-order valence-corrected chi connectivity index (χ3v) is 7.35. The van der Waals surface area contributed by atoms with Gasteiger partial charge in [0, 0.05) is 15.6 Å². The smallest absolute Gasteiger partial charge is 0.338 e. The molecule has 3 aromatic rings. The number of aromatic nitrogens is 1. The summed E-state index contributed by atoms with van der Waals surface area (Å²) in [7, 11) is 1.55. The number of allylic oxidation sites excluding steroid dienone is 1. The molecular weight excluding hydrogens is 570 g/mol. The Morgan fingerprint density at radius 2 is 2.03 bits per heavy atom. The van der Waals surface area contributed by atoms with Gasteiger partial charge in [-0.2, -0.15) is 5.26 Å². The summed E-state index contributed by atoms with van der Waals surface area (Å²) in [6, 6.07) is 13.8. The summed E-state index contributed by atoms with van der Waals surface area (Å²) in [5.74, 6) is 0.503. The zero-order valence-electron chi connectivity index (χ0n) is 21.2. The Balaban J connectivity index is 2.03. The van der Waals surface area contributed by atoms with Crippen LogP contribution in [0.1, 0.15) is 43.9 Å². The fourth-order valence-corrected chi connectivity index (χ4v) is 5.71. The van der Waals surface area contributed by atoms with E-state index in [0.29, 0.717) is 49.7 Å². The van der Waals surface area contributed by atoms with E-state index < -0.39 is 12.0 Å². The van der Waals surface area contributed by atoms with E-state index in [1.807, 2.05) is 37.3 Å². The number of nitriles is 1. The molecule has 2 aromatic carbocycles. The SMILES string of the molecule is CCCC1=C(C(=O)OCC)[C@@H](c2cc(Br)ccc2OC)n2c(s/c(=C/c3ccccc3OCC#N)c2=O)=N1. The first-order valence-electron chi connectivity index (χ1n) is 12.1. The van der Waals surface area contributed by atoms with Gasteiger partial charge in [-0.05, 0) is 43.7 Å². The lowest BCUT2D eigenvalue weighted by Gasteiger charge is -2.27. The second kappa shape index (κ2) is 12.2. The number of esters is 1. The predicted molar refractivity (Wildman–Crippen MR) is 148 cm³/mol. The molecule has 1 aromatic heterocycles. The van der Waals surface area contributed by atoms with Gasteiger partial charge in [0.05, 0.1) is 29.5 Å². The summed E-state index contributed by atoms with van der Waals surface area (Å²) in [5.41, 5.74) is 1.89. The van der Waals surface area contributed by atoms with Gasteiger partial charge in [-0.15, -0.1) is 0 Å². The highest BCUT2D eigenvalue weighted by molar-refractivity contribution is 9.10. The molecule has 0 aliphatic carbocycles. The van der Waals surface area contributed by atoms with E-state index in [4.69, 9.17) is 24.5 Å². The second-order valence-electron chi connectivity index (χ2n) is 8.28. The second-order valence-corrected chi connectivity index (χ2v) is 10.2. The maximum absolute atomic E-state index is 14.0. The van der Waals surface area contributed by atoms with E-state index in [0.717, 1.165) is 10.9 Å². The zero-order valence-corrected chi connectivity index (χ0v) is 23.6. The highest BCUT2D eigenvalue weighted by Crippen LogP contribution is 2.38. The fraction of sp³-hybridized carbons (Fsp3) is 0.286. The van der Waals surface area contributed by atoms with Crippen molar-refractivity contribution < 1.29 is 19.0 Å². The van der Waals surface area contributed by atoms with Gasteiger partial charge in [0.15, 0.2) is 11.4 Å². The minimum Gasteiger partial charge on any atom is -0.496 e. The van der Waals surface area contributed by atoms with Crippen LogP contribution in [0.2, 0.25) is 0 Å². The molecule has 10 heteroatoms. The van der Waals surface area contributed by atoms with E-state index in [1.165, 1.54) is 15.9 Å². The van der Waals surface area contributed by atoms with Crippen LogP contribution >= 0.6 is 27.3 Å². The number of rotatable bonds is 9. The largest absolute Gasteiger partial charge is 0.496 e. The molecule has 1 atom stereocenters. The number of ether oxygens (including phenoxy) is 3. The van der Waals surface area contributed by atoms with Crippen LogP contribution in [-0.4, -0.2) is 30.9 Å². The van der Waals surface area contributed by atoms with E-state index in [9.17, 15) is 9.59 Å². The summed E-state index contributed by atoms with van der Waals surface area (Å²) in [5, 5.41) is 8.93. The number of methoxy groups -OCH3 is 1. The lowest BCUT2D eigenvalue weighted by atomic mass is 9.93. The van der Waals surface area contributed by atoms with Gasteiger partial charge in [0.2, 0.25) is 0 Å². The standard InChI is InChI=1S/C28H26BrN3O5S/c1-4-8-20-24(27(34)36-5-2)25(19-16-18(29)11-12-22(19)35-3)32-26(33)23(38-28(32)31-20)15-17-9-6-7-10-21(17)37-14-13-30/h6-7,9-12,15-16,25H,4-5,8,14H2,1-3H3/b23-15+/t25-/m1/s1. The number of halogens is 1. The van der Waals surface area contributed by atoms with Crippen LogP contribution in [0.15, 0.2) is 68.0 Å². The van der Waals surface area contributed by atoms with Crippen LogP contribution < -0.4 is 24.4 Å². The van der Waals surface area contributed by atoms with E-state index in [2.05, 4.69) is 15.9 Å². The fourth-order valence-electron chi connectivity index (χ4n) is 4.32. The average Bonchev–Trinajstić information content (AvgIpc) is 3.22. The van der Waals surface area contributed by atoms with Crippen molar-refractivity contribution in [1.29, 1.82) is 5.26 Å². The number of hydrogen-bond acceptors (Lipinski definition) is 8. The lowest BCUT2D eigenvalue weighted by molar-refractivity contribution is -0.139. The van der Waals surface area contributed by atoms with Crippen LogP contribution in [0.25, 0.3) is 6.08 Å². The molecule has 4 rings (SSSR count). The number of hydrogen-bond donors (Lipinski definition) is 0. The Morgan fingerprint density at radius 1 is 1.24 bits per heavy atom. The highest BCUT2D eigenvalue weighted by atomic mass is 79.9. The summed E-state index contributed by atoms with van der Waals surface area (Å²) in [6.45, 7) is 3.83. The van der Waals surface area contributed by atoms with Crippen molar-refractivity contribution >= 4 is 39.3 Å². The number of nitrogens with zero attached hydrogens (tertiary/aromatic N) is 3.